The Hall–Kier alpha value is -3.06. The molecule has 0 aliphatic carbocycles. The van der Waals surface area contributed by atoms with E-state index in [0.717, 1.165) is 11.3 Å². The second kappa shape index (κ2) is 6.68. The highest BCUT2D eigenvalue weighted by Gasteiger charge is 2.25. The molecule has 1 aromatic heterocycles. The van der Waals surface area contributed by atoms with Gasteiger partial charge in [0.05, 0.1) is 31.5 Å². The fraction of sp³-hybridized carbons (Fsp3) is 0.263. The SMILES string of the molecule is COc1ccc2c(c1)/C(=C/c1cc(C(=O)N3CCOCC3)c[nH]1)C(=O)N2. The molecule has 0 radical (unpaired) electrons. The lowest BCUT2D eigenvalue weighted by atomic mass is 10.1. The Morgan fingerprint density at radius 1 is 1.27 bits per heavy atom. The zero-order valence-electron chi connectivity index (χ0n) is 14.4. The number of nitrogens with zero attached hydrogens (tertiary/aromatic N) is 1. The lowest BCUT2D eigenvalue weighted by Gasteiger charge is -2.26. The summed E-state index contributed by atoms with van der Waals surface area (Å²) in [6.07, 6.45) is 3.42. The summed E-state index contributed by atoms with van der Waals surface area (Å²) >= 11 is 0. The van der Waals surface area contributed by atoms with Crippen molar-refractivity contribution in [2.45, 2.75) is 0 Å². The lowest BCUT2D eigenvalue weighted by molar-refractivity contribution is -0.110. The summed E-state index contributed by atoms with van der Waals surface area (Å²) in [6.45, 7) is 2.31. The first-order chi connectivity index (χ1) is 12.7. The molecule has 2 aromatic rings. The summed E-state index contributed by atoms with van der Waals surface area (Å²) in [4.78, 5) is 29.7. The smallest absolute Gasteiger partial charge is 0.256 e. The molecule has 0 spiro atoms. The highest BCUT2D eigenvalue weighted by Crippen LogP contribution is 2.35. The van der Waals surface area contributed by atoms with Gasteiger partial charge in [-0.05, 0) is 30.3 Å². The average Bonchev–Trinajstić information content (AvgIpc) is 3.26. The third-order valence-corrected chi connectivity index (χ3v) is 4.56. The maximum atomic E-state index is 12.5. The van der Waals surface area contributed by atoms with E-state index >= 15 is 0 Å². The van der Waals surface area contributed by atoms with E-state index in [2.05, 4.69) is 10.3 Å². The fourth-order valence-electron chi connectivity index (χ4n) is 3.16. The Balaban J connectivity index is 1.61. The van der Waals surface area contributed by atoms with Crippen LogP contribution in [-0.2, 0) is 9.53 Å². The number of nitrogens with one attached hydrogen (secondary N) is 2. The van der Waals surface area contributed by atoms with Gasteiger partial charge in [0.25, 0.3) is 11.8 Å². The first kappa shape index (κ1) is 16.4. The summed E-state index contributed by atoms with van der Waals surface area (Å²) in [5.74, 6) is 0.469. The van der Waals surface area contributed by atoms with Gasteiger partial charge in [-0.1, -0.05) is 0 Å². The molecule has 3 heterocycles. The van der Waals surface area contributed by atoms with E-state index in [1.807, 2.05) is 12.1 Å². The number of benzene rings is 1. The van der Waals surface area contributed by atoms with Crippen LogP contribution < -0.4 is 10.1 Å². The van der Waals surface area contributed by atoms with E-state index in [1.54, 1.807) is 36.4 Å². The van der Waals surface area contributed by atoms with Crippen LogP contribution in [0.25, 0.3) is 11.6 Å². The molecule has 1 fully saturated rings. The van der Waals surface area contributed by atoms with Crippen LogP contribution in [0.5, 0.6) is 5.75 Å². The minimum Gasteiger partial charge on any atom is -0.497 e. The predicted octanol–water partition coefficient (Wildman–Crippen LogP) is 1.99. The van der Waals surface area contributed by atoms with E-state index < -0.39 is 0 Å². The molecule has 2 aliphatic heterocycles. The average molecular weight is 353 g/mol. The van der Waals surface area contributed by atoms with Gasteiger partial charge in [0, 0.05) is 36.2 Å². The van der Waals surface area contributed by atoms with E-state index in [-0.39, 0.29) is 11.8 Å². The molecule has 0 bridgehead atoms. The maximum Gasteiger partial charge on any atom is 0.256 e. The van der Waals surface area contributed by atoms with E-state index in [9.17, 15) is 9.59 Å². The number of hydrogen-bond donors (Lipinski definition) is 2. The number of hydrogen-bond acceptors (Lipinski definition) is 4. The Kier molecular flexibility index (Phi) is 4.22. The molecule has 2 aliphatic rings. The second-order valence-corrected chi connectivity index (χ2v) is 6.17. The van der Waals surface area contributed by atoms with Crippen molar-refractivity contribution in [3.8, 4) is 5.75 Å². The largest absolute Gasteiger partial charge is 0.497 e. The van der Waals surface area contributed by atoms with Crippen LogP contribution >= 0.6 is 0 Å². The summed E-state index contributed by atoms with van der Waals surface area (Å²) < 4.78 is 10.5. The number of morpholine rings is 1. The number of ether oxygens (including phenoxy) is 2. The lowest BCUT2D eigenvalue weighted by Crippen LogP contribution is -2.40. The Morgan fingerprint density at radius 2 is 2.08 bits per heavy atom. The van der Waals surface area contributed by atoms with Crippen LogP contribution in [0.3, 0.4) is 0 Å². The molecule has 134 valence electrons. The van der Waals surface area contributed by atoms with Gasteiger partial charge in [0.15, 0.2) is 0 Å². The second-order valence-electron chi connectivity index (χ2n) is 6.17. The first-order valence-corrected chi connectivity index (χ1v) is 8.42. The van der Waals surface area contributed by atoms with Crippen molar-refractivity contribution in [3.05, 3.63) is 47.3 Å². The Morgan fingerprint density at radius 3 is 2.85 bits per heavy atom. The van der Waals surface area contributed by atoms with Crippen LogP contribution in [0.15, 0.2) is 30.5 Å². The fourth-order valence-corrected chi connectivity index (χ4v) is 3.16. The minimum absolute atomic E-state index is 0.0351. The molecule has 7 nitrogen and oxygen atoms in total. The van der Waals surface area contributed by atoms with E-state index in [4.69, 9.17) is 9.47 Å². The molecular weight excluding hydrogens is 334 g/mol. The van der Waals surface area contributed by atoms with Gasteiger partial charge in [-0.3, -0.25) is 9.59 Å². The number of methoxy groups -OCH3 is 1. The number of aromatic amines is 1. The molecule has 0 saturated carbocycles. The zero-order chi connectivity index (χ0) is 18.1. The molecule has 0 unspecified atom stereocenters. The maximum absolute atomic E-state index is 12.5. The van der Waals surface area contributed by atoms with Gasteiger partial charge in [0.2, 0.25) is 0 Å². The molecule has 2 amide bonds. The van der Waals surface area contributed by atoms with Crippen molar-refractivity contribution in [3.63, 3.8) is 0 Å². The number of anilines is 1. The van der Waals surface area contributed by atoms with E-state index in [0.29, 0.717) is 48.9 Å². The third-order valence-electron chi connectivity index (χ3n) is 4.56. The molecular formula is C19H19N3O4. The van der Waals surface area contributed by atoms with Crippen LogP contribution in [0.2, 0.25) is 0 Å². The van der Waals surface area contributed by atoms with Gasteiger partial charge in [0.1, 0.15) is 5.75 Å². The van der Waals surface area contributed by atoms with Gasteiger partial charge in [-0.25, -0.2) is 0 Å². The molecule has 4 rings (SSSR count). The highest BCUT2D eigenvalue weighted by molar-refractivity contribution is 6.34. The molecule has 2 N–H and O–H groups in total. The first-order valence-electron chi connectivity index (χ1n) is 8.42. The highest BCUT2D eigenvalue weighted by atomic mass is 16.5. The number of H-pyrrole nitrogens is 1. The molecule has 1 aromatic carbocycles. The van der Waals surface area contributed by atoms with Crippen molar-refractivity contribution >= 4 is 29.2 Å². The van der Waals surface area contributed by atoms with Crippen molar-refractivity contribution < 1.29 is 19.1 Å². The number of aromatic nitrogens is 1. The monoisotopic (exact) mass is 353 g/mol. The molecule has 0 atom stereocenters. The number of carbonyl (C=O) groups is 2. The van der Waals surface area contributed by atoms with Crippen LogP contribution in [-0.4, -0.2) is 55.1 Å². The van der Waals surface area contributed by atoms with Crippen LogP contribution in [0.4, 0.5) is 5.69 Å². The minimum atomic E-state index is -0.177. The standard InChI is InChI=1S/C19H19N3O4/c1-25-14-2-3-17-15(10-14)16(18(23)21-17)9-13-8-12(11-20-13)19(24)22-4-6-26-7-5-22/h2-3,8-11,20H,4-7H2,1H3,(H,21,23)/b16-9-. The number of fused-ring (bicyclic) bond motifs is 1. The van der Waals surface area contributed by atoms with Gasteiger partial charge in [-0.15, -0.1) is 0 Å². The van der Waals surface area contributed by atoms with Gasteiger partial charge < -0.3 is 24.7 Å². The van der Waals surface area contributed by atoms with Gasteiger partial charge in [-0.2, -0.15) is 0 Å². The van der Waals surface area contributed by atoms with E-state index in [1.165, 1.54) is 0 Å². The summed E-state index contributed by atoms with van der Waals surface area (Å²) in [7, 11) is 1.59. The summed E-state index contributed by atoms with van der Waals surface area (Å²) in [6, 6.07) is 7.20. The summed E-state index contributed by atoms with van der Waals surface area (Å²) in [5, 5.41) is 2.83. The molecule has 7 heteroatoms. The third kappa shape index (κ3) is 2.97. The number of rotatable bonds is 3. The topological polar surface area (TPSA) is 83.7 Å². The quantitative estimate of drug-likeness (QED) is 0.827. The van der Waals surface area contributed by atoms with Crippen LogP contribution in [0, 0.1) is 0 Å². The Bertz CT molecular complexity index is 894. The van der Waals surface area contributed by atoms with Crippen LogP contribution in [0.1, 0.15) is 21.6 Å². The molecule has 1 saturated heterocycles. The van der Waals surface area contributed by atoms with Crippen molar-refractivity contribution in [1.29, 1.82) is 0 Å². The van der Waals surface area contributed by atoms with Gasteiger partial charge >= 0.3 is 0 Å². The zero-order valence-corrected chi connectivity index (χ0v) is 14.4. The predicted molar refractivity (Wildman–Crippen MR) is 97.0 cm³/mol. The van der Waals surface area contributed by atoms with Crippen molar-refractivity contribution in [1.82, 2.24) is 9.88 Å². The molecule has 26 heavy (non-hydrogen) atoms. The Labute approximate surface area is 150 Å². The number of carbonyl (C=O) groups excluding carboxylic acids is 2. The van der Waals surface area contributed by atoms with Crippen molar-refractivity contribution in [2.24, 2.45) is 0 Å². The number of amides is 2. The van der Waals surface area contributed by atoms with Crippen molar-refractivity contribution in [2.75, 3.05) is 38.7 Å². The normalized spacial score (nSPS) is 18.0. The summed E-state index contributed by atoms with van der Waals surface area (Å²) in [5.41, 5.74) is 3.33.